The topological polar surface area (TPSA) is 110 Å². The average molecular weight is 287 g/mol. The van der Waals surface area contributed by atoms with Gasteiger partial charge in [0.2, 0.25) is 10.0 Å². The van der Waals surface area contributed by atoms with E-state index in [0.29, 0.717) is 0 Å². The van der Waals surface area contributed by atoms with Gasteiger partial charge in [-0.1, -0.05) is 6.07 Å². The molecule has 1 rings (SSSR count). The van der Waals surface area contributed by atoms with Crippen LogP contribution >= 0.6 is 0 Å². The van der Waals surface area contributed by atoms with E-state index in [9.17, 15) is 18.0 Å². The minimum absolute atomic E-state index is 0.104. The van der Waals surface area contributed by atoms with Gasteiger partial charge in [0.15, 0.2) is 5.75 Å². The fourth-order valence-electron chi connectivity index (χ4n) is 1.30. The van der Waals surface area contributed by atoms with E-state index in [1.165, 1.54) is 24.3 Å². The highest BCUT2D eigenvalue weighted by molar-refractivity contribution is 7.93. The van der Waals surface area contributed by atoms with E-state index in [1.54, 1.807) is 6.92 Å². The summed E-state index contributed by atoms with van der Waals surface area (Å²) in [5, 5.41) is 8.45. The summed E-state index contributed by atoms with van der Waals surface area (Å²) in [6.45, 7) is 1.85. The maximum atomic E-state index is 11.4. The first-order chi connectivity index (χ1) is 8.84. The molecule has 1 aromatic carbocycles. The summed E-state index contributed by atoms with van der Waals surface area (Å²) < 4.78 is 29.7. The molecule has 2 N–H and O–H groups in total. The number of carboxylic acids is 1. The van der Waals surface area contributed by atoms with E-state index in [0.717, 1.165) is 0 Å². The number of ether oxygens (including phenoxy) is 1. The van der Waals surface area contributed by atoms with Crippen LogP contribution in [0.2, 0.25) is 0 Å². The molecule has 0 heterocycles. The number of carbonyl (C=O) groups excluding carboxylic acids is 1. The zero-order valence-electron chi connectivity index (χ0n) is 10.1. The van der Waals surface area contributed by atoms with Crippen molar-refractivity contribution >= 4 is 27.6 Å². The van der Waals surface area contributed by atoms with Crippen LogP contribution in [0.4, 0.5) is 5.69 Å². The SMILES string of the molecule is CCOC(=O)c1cccc(NS(=O)(=O)CC(=O)O)c1. The van der Waals surface area contributed by atoms with Crippen molar-refractivity contribution < 1.29 is 27.9 Å². The summed E-state index contributed by atoms with van der Waals surface area (Å²) in [5.41, 5.74) is 0.282. The number of benzene rings is 1. The third-order valence-corrected chi connectivity index (χ3v) is 3.13. The predicted molar refractivity (Wildman–Crippen MR) is 67.4 cm³/mol. The van der Waals surface area contributed by atoms with Gasteiger partial charge in [-0.2, -0.15) is 0 Å². The van der Waals surface area contributed by atoms with Crippen LogP contribution in [0.1, 0.15) is 17.3 Å². The third-order valence-electron chi connectivity index (χ3n) is 1.96. The van der Waals surface area contributed by atoms with Crippen molar-refractivity contribution in [3.05, 3.63) is 29.8 Å². The van der Waals surface area contributed by atoms with Crippen molar-refractivity contribution in [1.82, 2.24) is 0 Å². The lowest BCUT2D eigenvalue weighted by Gasteiger charge is -2.07. The van der Waals surface area contributed by atoms with Crippen molar-refractivity contribution in [2.24, 2.45) is 0 Å². The minimum Gasteiger partial charge on any atom is -0.480 e. The lowest BCUT2D eigenvalue weighted by Crippen LogP contribution is -2.22. The highest BCUT2D eigenvalue weighted by Gasteiger charge is 2.16. The van der Waals surface area contributed by atoms with Crippen molar-refractivity contribution in [2.45, 2.75) is 6.92 Å². The fourth-order valence-corrected chi connectivity index (χ4v) is 2.19. The molecule has 1 aromatic rings. The van der Waals surface area contributed by atoms with Gasteiger partial charge in [-0.3, -0.25) is 9.52 Å². The molecular formula is C11H13NO6S. The number of hydrogen-bond acceptors (Lipinski definition) is 5. The van der Waals surface area contributed by atoms with E-state index in [2.05, 4.69) is 4.72 Å². The summed E-state index contributed by atoms with van der Waals surface area (Å²) in [7, 11) is -3.99. The molecular weight excluding hydrogens is 274 g/mol. The second kappa shape index (κ2) is 6.19. The smallest absolute Gasteiger partial charge is 0.338 e. The number of rotatable bonds is 6. The predicted octanol–water partition coefficient (Wildman–Crippen LogP) is 0.690. The van der Waals surface area contributed by atoms with Crippen LogP contribution < -0.4 is 4.72 Å². The van der Waals surface area contributed by atoms with Crippen molar-refractivity contribution in [1.29, 1.82) is 0 Å². The van der Waals surface area contributed by atoms with Crippen molar-refractivity contribution in [2.75, 3.05) is 17.1 Å². The Balaban J connectivity index is 2.89. The molecule has 0 aliphatic carbocycles. The Bertz CT molecular complexity index is 581. The van der Waals surface area contributed by atoms with Crippen LogP contribution in [0, 0.1) is 0 Å². The zero-order chi connectivity index (χ0) is 14.5. The Morgan fingerprint density at radius 1 is 1.37 bits per heavy atom. The van der Waals surface area contributed by atoms with E-state index < -0.39 is 27.7 Å². The standard InChI is InChI=1S/C11H13NO6S/c1-2-18-11(15)8-4-3-5-9(6-8)12-19(16,17)7-10(13)14/h3-6,12H,2,7H2,1H3,(H,13,14). The third kappa shape index (κ3) is 4.96. The summed E-state index contributed by atoms with van der Waals surface area (Å²) in [6, 6.07) is 5.61. The second-order valence-corrected chi connectivity index (χ2v) is 5.28. The van der Waals surface area contributed by atoms with Gasteiger partial charge in [-0.15, -0.1) is 0 Å². The van der Waals surface area contributed by atoms with Gasteiger partial charge in [-0.25, -0.2) is 13.2 Å². The number of carboxylic acid groups (broad SMARTS) is 1. The fraction of sp³-hybridized carbons (Fsp3) is 0.273. The average Bonchev–Trinajstić information content (AvgIpc) is 2.27. The Kier molecular flexibility index (Phi) is 4.87. The minimum atomic E-state index is -3.99. The monoisotopic (exact) mass is 287 g/mol. The number of sulfonamides is 1. The molecule has 0 saturated carbocycles. The Morgan fingerprint density at radius 2 is 2.05 bits per heavy atom. The number of carbonyl (C=O) groups is 2. The summed E-state index contributed by atoms with van der Waals surface area (Å²) >= 11 is 0. The lowest BCUT2D eigenvalue weighted by molar-refractivity contribution is -0.134. The van der Waals surface area contributed by atoms with Gasteiger partial charge in [0.05, 0.1) is 12.2 Å². The Hall–Kier alpha value is -2.09. The highest BCUT2D eigenvalue weighted by Crippen LogP contribution is 2.13. The molecule has 0 aliphatic heterocycles. The van der Waals surface area contributed by atoms with Crippen LogP contribution in [0.25, 0.3) is 0 Å². The summed E-state index contributed by atoms with van der Waals surface area (Å²) in [4.78, 5) is 21.8. The lowest BCUT2D eigenvalue weighted by atomic mass is 10.2. The van der Waals surface area contributed by atoms with Crippen LogP contribution in [0.5, 0.6) is 0 Å². The second-order valence-electron chi connectivity index (χ2n) is 3.56. The van der Waals surface area contributed by atoms with Gasteiger partial charge in [0, 0.05) is 5.69 Å². The van der Waals surface area contributed by atoms with Gasteiger partial charge in [-0.05, 0) is 25.1 Å². The molecule has 0 saturated heterocycles. The Labute approximate surface area is 110 Å². The first kappa shape index (κ1) is 15.0. The van der Waals surface area contributed by atoms with Crippen LogP contribution in [0.3, 0.4) is 0 Å². The van der Waals surface area contributed by atoms with Crippen LogP contribution in [0.15, 0.2) is 24.3 Å². The molecule has 0 aliphatic rings. The normalized spacial score (nSPS) is 10.8. The molecule has 104 valence electrons. The van der Waals surface area contributed by atoms with E-state index in [4.69, 9.17) is 9.84 Å². The van der Waals surface area contributed by atoms with E-state index in [1.807, 2.05) is 0 Å². The number of esters is 1. The first-order valence-electron chi connectivity index (χ1n) is 5.33. The molecule has 19 heavy (non-hydrogen) atoms. The summed E-state index contributed by atoms with van der Waals surface area (Å²) in [5.74, 6) is -3.09. The van der Waals surface area contributed by atoms with E-state index >= 15 is 0 Å². The number of nitrogens with one attached hydrogen (secondary N) is 1. The van der Waals surface area contributed by atoms with Crippen molar-refractivity contribution in [3.8, 4) is 0 Å². The molecule has 0 amide bonds. The van der Waals surface area contributed by atoms with Crippen molar-refractivity contribution in [3.63, 3.8) is 0 Å². The molecule has 0 atom stereocenters. The highest BCUT2D eigenvalue weighted by atomic mass is 32.2. The maximum Gasteiger partial charge on any atom is 0.338 e. The van der Waals surface area contributed by atoms with E-state index in [-0.39, 0.29) is 17.9 Å². The van der Waals surface area contributed by atoms with Gasteiger partial charge in [0.1, 0.15) is 0 Å². The van der Waals surface area contributed by atoms with Crippen LogP contribution in [-0.2, 0) is 19.6 Å². The molecule has 0 unspecified atom stereocenters. The molecule has 0 aromatic heterocycles. The number of hydrogen-bond donors (Lipinski definition) is 2. The molecule has 0 bridgehead atoms. The Morgan fingerprint density at radius 3 is 2.63 bits per heavy atom. The molecule has 0 spiro atoms. The van der Waals surface area contributed by atoms with Gasteiger partial charge in [0.25, 0.3) is 0 Å². The van der Waals surface area contributed by atoms with Gasteiger partial charge < -0.3 is 9.84 Å². The molecule has 0 fully saturated rings. The quantitative estimate of drug-likeness (QED) is 0.745. The maximum absolute atomic E-state index is 11.4. The largest absolute Gasteiger partial charge is 0.480 e. The number of anilines is 1. The van der Waals surface area contributed by atoms with Crippen LogP contribution in [-0.4, -0.2) is 37.8 Å². The zero-order valence-corrected chi connectivity index (χ0v) is 10.9. The first-order valence-corrected chi connectivity index (χ1v) is 6.99. The summed E-state index contributed by atoms with van der Waals surface area (Å²) in [6.07, 6.45) is 0. The van der Waals surface area contributed by atoms with Gasteiger partial charge >= 0.3 is 11.9 Å². The molecule has 7 nitrogen and oxygen atoms in total. The number of aliphatic carboxylic acids is 1. The molecule has 8 heteroatoms. The molecule has 0 radical (unpaired) electrons.